The quantitative estimate of drug-likeness (QED) is 0.741. The van der Waals surface area contributed by atoms with Gasteiger partial charge in [0.15, 0.2) is 0 Å². The van der Waals surface area contributed by atoms with Gasteiger partial charge in [-0.05, 0) is 43.4 Å². The fraction of sp³-hybridized carbons (Fsp3) is 0.625. The maximum absolute atomic E-state index is 9.05. The number of hydrogen-bond donors (Lipinski definition) is 2. The van der Waals surface area contributed by atoms with Crippen molar-refractivity contribution in [2.45, 2.75) is 32.7 Å². The number of anilines is 1. The molecule has 0 spiro atoms. The predicted molar refractivity (Wildman–Crippen MR) is 80.5 cm³/mol. The second-order valence-corrected chi connectivity index (χ2v) is 5.42. The third-order valence-corrected chi connectivity index (χ3v) is 3.90. The lowest BCUT2D eigenvalue weighted by Crippen LogP contribution is -2.23. The number of nitrogens with zero attached hydrogens (tertiary/aromatic N) is 1. The summed E-state index contributed by atoms with van der Waals surface area (Å²) in [5.41, 5.74) is 2.76. The molecule has 1 fully saturated rings. The smallest absolute Gasteiger partial charge is 0.0434 e. The molecular weight excluding hydrogens is 236 g/mol. The van der Waals surface area contributed by atoms with Gasteiger partial charge in [-0.2, -0.15) is 0 Å². The van der Waals surface area contributed by atoms with Gasteiger partial charge in [0.2, 0.25) is 0 Å². The van der Waals surface area contributed by atoms with E-state index in [-0.39, 0.29) is 0 Å². The summed E-state index contributed by atoms with van der Waals surface area (Å²) in [6, 6.07) is 8.69. The second kappa shape index (κ2) is 7.51. The molecule has 0 amide bonds. The molecule has 1 aliphatic rings. The minimum Gasteiger partial charge on any atom is -0.396 e. The first-order chi connectivity index (χ1) is 9.35. The topological polar surface area (TPSA) is 35.5 Å². The van der Waals surface area contributed by atoms with Crippen LogP contribution in [0.25, 0.3) is 0 Å². The van der Waals surface area contributed by atoms with Crippen molar-refractivity contribution < 1.29 is 5.11 Å². The zero-order chi connectivity index (χ0) is 13.5. The van der Waals surface area contributed by atoms with Crippen LogP contribution in [0.2, 0.25) is 0 Å². The molecular formula is C16H26N2O. The third kappa shape index (κ3) is 3.95. The van der Waals surface area contributed by atoms with E-state index in [1.807, 2.05) is 0 Å². The van der Waals surface area contributed by atoms with E-state index < -0.39 is 0 Å². The van der Waals surface area contributed by atoms with Crippen LogP contribution >= 0.6 is 0 Å². The number of aliphatic hydroxyl groups excluding tert-OH is 1. The van der Waals surface area contributed by atoms with Gasteiger partial charge in [-0.15, -0.1) is 0 Å². The summed E-state index contributed by atoms with van der Waals surface area (Å²) in [6.07, 6.45) is 3.31. The number of benzene rings is 1. The van der Waals surface area contributed by atoms with E-state index in [4.69, 9.17) is 5.11 Å². The van der Waals surface area contributed by atoms with Gasteiger partial charge in [-0.3, -0.25) is 0 Å². The average molecular weight is 262 g/mol. The molecule has 0 saturated carbocycles. The van der Waals surface area contributed by atoms with Gasteiger partial charge < -0.3 is 15.3 Å². The molecule has 0 aromatic heterocycles. The Kier molecular flexibility index (Phi) is 5.67. The number of aliphatic hydroxyl groups is 1. The summed E-state index contributed by atoms with van der Waals surface area (Å²) >= 11 is 0. The SMILES string of the molecule is CCCNCc1ccccc1N1CCC(CCO)C1. The van der Waals surface area contributed by atoms with Crippen molar-refractivity contribution in [2.75, 3.05) is 31.1 Å². The Morgan fingerprint density at radius 1 is 1.37 bits per heavy atom. The van der Waals surface area contributed by atoms with Crippen molar-refractivity contribution in [3.8, 4) is 0 Å². The molecule has 1 aromatic rings. The summed E-state index contributed by atoms with van der Waals surface area (Å²) in [7, 11) is 0. The van der Waals surface area contributed by atoms with Gasteiger partial charge in [-0.25, -0.2) is 0 Å². The van der Waals surface area contributed by atoms with Crippen LogP contribution in [0.1, 0.15) is 31.7 Å². The standard InChI is InChI=1S/C16H26N2O/c1-2-9-17-12-15-5-3-4-6-16(15)18-10-7-14(13-18)8-11-19/h3-6,14,17,19H,2,7-13H2,1H3. The summed E-state index contributed by atoms with van der Waals surface area (Å²) in [5.74, 6) is 0.654. The molecule has 3 nitrogen and oxygen atoms in total. The zero-order valence-electron chi connectivity index (χ0n) is 11.9. The van der Waals surface area contributed by atoms with Crippen LogP contribution in [-0.4, -0.2) is 31.3 Å². The molecule has 0 aliphatic carbocycles. The largest absolute Gasteiger partial charge is 0.396 e. The van der Waals surface area contributed by atoms with Crippen LogP contribution in [0.3, 0.4) is 0 Å². The lowest BCUT2D eigenvalue weighted by atomic mass is 10.1. The van der Waals surface area contributed by atoms with E-state index in [1.165, 1.54) is 24.1 Å². The van der Waals surface area contributed by atoms with Gasteiger partial charge in [0.25, 0.3) is 0 Å². The fourth-order valence-corrected chi connectivity index (χ4v) is 2.84. The lowest BCUT2D eigenvalue weighted by molar-refractivity contribution is 0.263. The number of nitrogens with one attached hydrogen (secondary N) is 1. The van der Waals surface area contributed by atoms with E-state index in [9.17, 15) is 0 Å². The molecule has 0 radical (unpaired) electrons. The van der Waals surface area contributed by atoms with E-state index in [0.717, 1.165) is 32.6 Å². The van der Waals surface area contributed by atoms with Crippen LogP contribution in [0, 0.1) is 5.92 Å². The Balaban J connectivity index is 1.99. The average Bonchev–Trinajstić information content (AvgIpc) is 2.89. The molecule has 2 rings (SSSR count). The van der Waals surface area contributed by atoms with Crippen molar-refractivity contribution in [3.05, 3.63) is 29.8 Å². The van der Waals surface area contributed by atoms with Gasteiger partial charge in [0.1, 0.15) is 0 Å². The first kappa shape index (κ1) is 14.4. The van der Waals surface area contributed by atoms with Crippen LogP contribution in [-0.2, 0) is 6.54 Å². The maximum atomic E-state index is 9.05. The molecule has 1 heterocycles. The highest BCUT2D eigenvalue weighted by molar-refractivity contribution is 5.54. The summed E-state index contributed by atoms with van der Waals surface area (Å²) in [4.78, 5) is 2.48. The minimum absolute atomic E-state index is 0.318. The van der Waals surface area contributed by atoms with Crippen molar-refractivity contribution in [3.63, 3.8) is 0 Å². The van der Waals surface area contributed by atoms with Crippen LogP contribution in [0.5, 0.6) is 0 Å². The van der Waals surface area contributed by atoms with Crippen LogP contribution in [0.4, 0.5) is 5.69 Å². The number of para-hydroxylation sites is 1. The molecule has 1 saturated heterocycles. The fourth-order valence-electron chi connectivity index (χ4n) is 2.84. The molecule has 1 atom stereocenters. The molecule has 3 heteroatoms. The third-order valence-electron chi connectivity index (χ3n) is 3.90. The van der Waals surface area contributed by atoms with Crippen LogP contribution in [0.15, 0.2) is 24.3 Å². The van der Waals surface area contributed by atoms with Gasteiger partial charge in [0, 0.05) is 31.9 Å². The Hall–Kier alpha value is -1.06. The van der Waals surface area contributed by atoms with Crippen molar-refractivity contribution >= 4 is 5.69 Å². The van der Waals surface area contributed by atoms with Gasteiger partial charge in [0.05, 0.1) is 0 Å². The van der Waals surface area contributed by atoms with E-state index >= 15 is 0 Å². The highest BCUT2D eigenvalue weighted by Crippen LogP contribution is 2.28. The maximum Gasteiger partial charge on any atom is 0.0434 e. The highest BCUT2D eigenvalue weighted by atomic mass is 16.3. The first-order valence-electron chi connectivity index (χ1n) is 7.49. The van der Waals surface area contributed by atoms with Crippen LogP contribution < -0.4 is 10.2 Å². The second-order valence-electron chi connectivity index (χ2n) is 5.42. The highest BCUT2D eigenvalue weighted by Gasteiger charge is 2.23. The molecule has 2 N–H and O–H groups in total. The number of rotatable bonds is 7. The van der Waals surface area contributed by atoms with E-state index in [2.05, 4.69) is 41.4 Å². The Morgan fingerprint density at radius 3 is 3.00 bits per heavy atom. The molecule has 1 aromatic carbocycles. The summed E-state index contributed by atoms with van der Waals surface area (Å²) in [6.45, 7) is 6.74. The van der Waals surface area contributed by atoms with E-state index in [0.29, 0.717) is 12.5 Å². The summed E-state index contributed by atoms with van der Waals surface area (Å²) in [5, 5.41) is 12.5. The molecule has 0 bridgehead atoms. The van der Waals surface area contributed by atoms with Crippen molar-refractivity contribution in [1.82, 2.24) is 5.32 Å². The lowest BCUT2D eigenvalue weighted by Gasteiger charge is -2.22. The Bertz CT molecular complexity index is 381. The normalized spacial score (nSPS) is 19.1. The monoisotopic (exact) mass is 262 g/mol. The zero-order valence-corrected chi connectivity index (χ0v) is 11.9. The molecule has 1 unspecified atom stereocenters. The molecule has 1 aliphatic heterocycles. The minimum atomic E-state index is 0.318. The Morgan fingerprint density at radius 2 is 2.21 bits per heavy atom. The Labute approximate surface area is 116 Å². The molecule has 19 heavy (non-hydrogen) atoms. The first-order valence-corrected chi connectivity index (χ1v) is 7.49. The predicted octanol–water partition coefficient (Wildman–Crippen LogP) is 2.39. The molecule has 106 valence electrons. The number of hydrogen-bond acceptors (Lipinski definition) is 3. The summed E-state index contributed by atoms with van der Waals surface area (Å²) < 4.78 is 0. The van der Waals surface area contributed by atoms with Gasteiger partial charge >= 0.3 is 0 Å². The van der Waals surface area contributed by atoms with E-state index in [1.54, 1.807) is 0 Å². The van der Waals surface area contributed by atoms with Crippen molar-refractivity contribution in [1.29, 1.82) is 0 Å². The van der Waals surface area contributed by atoms with Gasteiger partial charge in [-0.1, -0.05) is 25.1 Å². The van der Waals surface area contributed by atoms with Crippen molar-refractivity contribution in [2.24, 2.45) is 5.92 Å².